The van der Waals surface area contributed by atoms with E-state index in [-0.39, 0.29) is 18.2 Å². The third kappa shape index (κ3) is 5.31. The molecule has 2 N–H and O–H groups in total. The standard InChI is InChI=1S/C17H19NO2.ClH/c1-13-6-5-7-14(12-13)10-11-18-17(20)16(19)15-8-3-2-4-9-15;/h2-9,12,17-18,20H,10-11H2,1H3;1H. The average Bonchev–Trinajstić information content (AvgIpc) is 2.47. The van der Waals surface area contributed by atoms with Crippen LogP contribution in [0.4, 0.5) is 0 Å². The molecule has 0 aliphatic rings. The predicted molar refractivity (Wildman–Crippen MR) is 86.9 cm³/mol. The first-order valence-electron chi connectivity index (χ1n) is 6.73. The van der Waals surface area contributed by atoms with Crippen molar-refractivity contribution in [2.45, 2.75) is 19.6 Å². The molecule has 0 amide bonds. The second-order valence-corrected chi connectivity index (χ2v) is 4.83. The molecule has 0 bridgehead atoms. The van der Waals surface area contributed by atoms with Gasteiger partial charge in [-0.25, -0.2) is 0 Å². The SMILES string of the molecule is Cc1cccc(CCNC(O)C(=O)c2ccccc2)c1.Cl. The van der Waals surface area contributed by atoms with Gasteiger partial charge in [-0.2, -0.15) is 0 Å². The van der Waals surface area contributed by atoms with Gasteiger partial charge in [0.15, 0.2) is 6.23 Å². The minimum atomic E-state index is -1.15. The van der Waals surface area contributed by atoms with E-state index >= 15 is 0 Å². The van der Waals surface area contributed by atoms with Crippen LogP contribution in [0.5, 0.6) is 0 Å². The molecular formula is C17H20ClNO2. The third-order valence-electron chi connectivity index (χ3n) is 3.14. The van der Waals surface area contributed by atoms with Crippen molar-refractivity contribution in [3.63, 3.8) is 0 Å². The van der Waals surface area contributed by atoms with Gasteiger partial charge >= 0.3 is 0 Å². The maximum absolute atomic E-state index is 11.9. The van der Waals surface area contributed by atoms with Gasteiger partial charge in [0.1, 0.15) is 0 Å². The van der Waals surface area contributed by atoms with Crippen LogP contribution in [0.1, 0.15) is 21.5 Å². The molecular weight excluding hydrogens is 286 g/mol. The number of hydrogen-bond acceptors (Lipinski definition) is 3. The van der Waals surface area contributed by atoms with Gasteiger partial charge in [0.05, 0.1) is 0 Å². The van der Waals surface area contributed by atoms with Gasteiger partial charge in [0, 0.05) is 12.1 Å². The van der Waals surface area contributed by atoms with Crippen LogP contribution < -0.4 is 5.32 Å². The Balaban J connectivity index is 0.00000220. The molecule has 0 fully saturated rings. The lowest BCUT2D eigenvalue weighted by molar-refractivity contribution is 0.0675. The molecule has 0 spiro atoms. The number of rotatable bonds is 6. The molecule has 3 nitrogen and oxygen atoms in total. The number of aryl methyl sites for hydroxylation is 1. The number of carbonyl (C=O) groups excluding carboxylic acids is 1. The fourth-order valence-electron chi connectivity index (χ4n) is 2.07. The van der Waals surface area contributed by atoms with Crippen LogP contribution in [0.25, 0.3) is 0 Å². The maximum atomic E-state index is 11.9. The van der Waals surface area contributed by atoms with Crippen LogP contribution >= 0.6 is 12.4 Å². The van der Waals surface area contributed by atoms with E-state index in [9.17, 15) is 9.90 Å². The Morgan fingerprint density at radius 1 is 1.14 bits per heavy atom. The number of Topliss-reactive ketones (excluding diaryl/α,β-unsaturated/α-hetero) is 1. The van der Waals surface area contributed by atoms with Crippen LogP contribution in [-0.2, 0) is 6.42 Å². The Hall–Kier alpha value is -1.68. The zero-order valence-electron chi connectivity index (χ0n) is 12.0. The van der Waals surface area contributed by atoms with Gasteiger partial charge in [-0.1, -0.05) is 60.2 Å². The highest BCUT2D eigenvalue weighted by atomic mass is 35.5. The Morgan fingerprint density at radius 2 is 1.86 bits per heavy atom. The highest BCUT2D eigenvalue weighted by Crippen LogP contribution is 2.05. The number of ketones is 1. The third-order valence-corrected chi connectivity index (χ3v) is 3.14. The summed E-state index contributed by atoms with van der Waals surface area (Å²) in [6.07, 6.45) is -0.372. The Morgan fingerprint density at radius 3 is 2.52 bits per heavy atom. The van der Waals surface area contributed by atoms with E-state index < -0.39 is 6.23 Å². The molecule has 2 aromatic carbocycles. The molecule has 0 radical (unpaired) electrons. The predicted octanol–water partition coefficient (Wildman–Crippen LogP) is 2.75. The minimum Gasteiger partial charge on any atom is -0.371 e. The van der Waals surface area contributed by atoms with E-state index in [1.165, 1.54) is 11.1 Å². The molecule has 0 aliphatic carbocycles. The van der Waals surface area contributed by atoms with Gasteiger partial charge in [0.25, 0.3) is 0 Å². The zero-order chi connectivity index (χ0) is 14.4. The number of halogens is 1. The molecule has 4 heteroatoms. The maximum Gasteiger partial charge on any atom is 0.206 e. The van der Waals surface area contributed by atoms with E-state index in [2.05, 4.69) is 11.4 Å². The molecule has 2 rings (SSSR count). The summed E-state index contributed by atoms with van der Waals surface area (Å²) >= 11 is 0. The number of benzene rings is 2. The molecule has 2 aromatic rings. The summed E-state index contributed by atoms with van der Waals surface area (Å²) in [6.45, 7) is 2.61. The summed E-state index contributed by atoms with van der Waals surface area (Å²) in [7, 11) is 0. The quantitative estimate of drug-likeness (QED) is 0.637. The van der Waals surface area contributed by atoms with Crippen molar-refractivity contribution in [3.05, 3.63) is 71.3 Å². The lowest BCUT2D eigenvalue weighted by Crippen LogP contribution is -2.37. The molecule has 0 aromatic heterocycles. The topological polar surface area (TPSA) is 49.3 Å². The first-order valence-corrected chi connectivity index (χ1v) is 6.73. The van der Waals surface area contributed by atoms with Gasteiger partial charge < -0.3 is 5.11 Å². The van der Waals surface area contributed by atoms with Crippen LogP contribution in [-0.4, -0.2) is 23.7 Å². The monoisotopic (exact) mass is 305 g/mol. The van der Waals surface area contributed by atoms with Crippen LogP contribution in [0.2, 0.25) is 0 Å². The van der Waals surface area contributed by atoms with Crippen LogP contribution in [0.15, 0.2) is 54.6 Å². The second kappa shape index (κ2) is 8.57. The molecule has 1 unspecified atom stereocenters. The van der Waals surface area contributed by atoms with Crippen molar-refractivity contribution < 1.29 is 9.90 Å². The molecule has 1 atom stereocenters. The van der Waals surface area contributed by atoms with Gasteiger partial charge in [-0.05, 0) is 18.9 Å². The number of nitrogens with one attached hydrogen (secondary N) is 1. The fourth-order valence-corrected chi connectivity index (χ4v) is 2.07. The van der Waals surface area contributed by atoms with Crippen molar-refractivity contribution >= 4 is 18.2 Å². The van der Waals surface area contributed by atoms with Crippen LogP contribution in [0, 0.1) is 6.92 Å². The first kappa shape index (κ1) is 17.4. The molecule has 0 saturated heterocycles. The zero-order valence-corrected chi connectivity index (χ0v) is 12.8. The highest BCUT2D eigenvalue weighted by Gasteiger charge is 2.15. The lowest BCUT2D eigenvalue weighted by Gasteiger charge is -2.12. The Bertz CT molecular complexity index is 572. The van der Waals surface area contributed by atoms with Crippen molar-refractivity contribution in [2.24, 2.45) is 0 Å². The summed E-state index contributed by atoms with van der Waals surface area (Å²) < 4.78 is 0. The summed E-state index contributed by atoms with van der Waals surface area (Å²) in [5, 5.41) is 12.7. The van der Waals surface area contributed by atoms with E-state index in [0.29, 0.717) is 12.1 Å². The van der Waals surface area contributed by atoms with Gasteiger partial charge in [0.2, 0.25) is 5.78 Å². The molecule has 112 valence electrons. The van der Waals surface area contributed by atoms with Crippen molar-refractivity contribution in [3.8, 4) is 0 Å². The van der Waals surface area contributed by atoms with Crippen molar-refractivity contribution in [2.75, 3.05) is 6.54 Å². The first-order chi connectivity index (χ1) is 9.66. The summed E-state index contributed by atoms with van der Waals surface area (Å²) in [6, 6.07) is 17.0. The van der Waals surface area contributed by atoms with Crippen molar-refractivity contribution in [1.82, 2.24) is 5.32 Å². The summed E-state index contributed by atoms with van der Waals surface area (Å²) in [5.41, 5.74) is 2.92. The van der Waals surface area contributed by atoms with E-state index in [1.54, 1.807) is 24.3 Å². The fraction of sp³-hybridized carbons (Fsp3) is 0.235. The lowest BCUT2D eigenvalue weighted by atomic mass is 10.1. The van der Waals surface area contributed by atoms with E-state index in [0.717, 1.165) is 6.42 Å². The normalized spacial score (nSPS) is 11.5. The number of carbonyl (C=O) groups is 1. The van der Waals surface area contributed by atoms with E-state index in [4.69, 9.17) is 0 Å². The molecule has 0 saturated carbocycles. The number of aliphatic hydroxyl groups excluding tert-OH is 1. The average molecular weight is 306 g/mol. The smallest absolute Gasteiger partial charge is 0.206 e. The second-order valence-electron chi connectivity index (χ2n) is 4.83. The number of hydrogen-bond donors (Lipinski definition) is 2. The summed E-state index contributed by atoms with van der Waals surface area (Å²) in [4.78, 5) is 11.9. The van der Waals surface area contributed by atoms with Crippen molar-refractivity contribution in [1.29, 1.82) is 0 Å². The highest BCUT2D eigenvalue weighted by molar-refractivity contribution is 5.98. The molecule has 21 heavy (non-hydrogen) atoms. The Kier molecular flexibility index (Phi) is 7.09. The van der Waals surface area contributed by atoms with E-state index in [1.807, 2.05) is 31.2 Å². The van der Waals surface area contributed by atoms with Crippen LogP contribution in [0.3, 0.4) is 0 Å². The Labute approximate surface area is 131 Å². The largest absolute Gasteiger partial charge is 0.371 e. The molecule has 0 aliphatic heterocycles. The van der Waals surface area contributed by atoms with Gasteiger partial charge in [-0.15, -0.1) is 12.4 Å². The summed E-state index contributed by atoms with van der Waals surface area (Å²) in [5.74, 6) is -0.296. The molecule has 0 heterocycles. The van der Waals surface area contributed by atoms with Gasteiger partial charge in [-0.3, -0.25) is 10.1 Å². The number of aliphatic hydroxyl groups is 1. The minimum absolute atomic E-state index is 0.